The third kappa shape index (κ3) is 5.79. The summed E-state index contributed by atoms with van der Waals surface area (Å²) in [6, 6.07) is 6.45. The summed E-state index contributed by atoms with van der Waals surface area (Å²) in [4.78, 5) is 52.5. The number of amides is 3. The van der Waals surface area contributed by atoms with Gasteiger partial charge in [-0.25, -0.2) is 4.98 Å². The zero-order valence-corrected chi connectivity index (χ0v) is 24.1. The fourth-order valence-electron chi connectivity index (χ4n) is 5.51. The fourth-order valence-corrected chi connectivity index (χ4v) is 6.78. The van der Waals surface area contributed by atoms with Crippen LogP contribution in [0.4, 0.5) is 0 Å². The molecule has 0 unspecified atom stereocenters. The van der Waals surface area contributed by atoms with Crippen molar-refractivity contribution in [3.63, 3.8) is 0 Å². The van der Waals surface area contributed by atoms with Crippen LogP contribution in [0, 0.1) is 5.92 Å². The number of rotatable bonds is 5. The molecule has 2 atom stereocenters. The number of carbonyl (C=O) groups excluding carboxylic acids is 3. The highest BCUT2D eigenvalue weighted by Gasteiger charge is 2.38. The summed E-state index contributed by atoms with van der Waals surface area (Å²) in [5.74, 6) is -0.276. The van der Waals surface area contributed by atoms with Gasteiger partial charge in [-0.2, -0.15) is 0 Å². The van der Waals surface area contributed by atoms with Gasteiger partial charge in [-0.15, -0.1) is 23.7 Å². The molecule has 3 amide bonds. The maximum Gasteiger partial charge on any atom is 0.280 e. The molecule has 0 spiro atoms. The molecule has 1 saturated carbocycles. The summed E-state index contributed by atoms with van der Waals surface area (Å²) < 4.78 is 0. The van der Waals surface area contributed by atoms with Gasteiger partial charge in [0, 0.05) is 59.3 Å². The van der Waals surface area contributed by atoms with Crippen molar-refractivity contribution in [1.29, 1.82) is 0 Å². The lowest BCUT2D eigenvalue weighted by molar-refractivity contribution is -0.139. The highest BCUT2D eigenvalue weighted by atomic mass is 35.5. The third-order valence-electron chi connectivity index (χ3n) is 7.96. The Balaban J connectivity index is 0.00000308. The molecule has 2 aromatic heterocycles. The molecule has 3 aliphatic rings. The summed E-state index contributed by atoms with van der Waals surface area (Å²) >= 11 is 7.53. The standard InChI is InChI=1S/C27H31ClN6O3S.ClH/c1-33-9-7-20-23(14-33)38-26(32-20)25(36)31-22-13-34(27(37)15-3-2-4-15)10-8-19(22)30-24(35)21-12-16-11-17(28)5-6-18(16)29-21;/h5-6,11-12,15,19,22,29H,2-4,7-10,13-14H2,1H3,(H,30,35)(H,31,36);1H/t19-,22+;/m0./s1. The Morgan fingerprint density at radius 2 is 1.87 bits per heavy atom. The van der Waals surface area contributed by atoms with E-state index < -0.39 is 6.04 Å². The molecule has 4 heterocycles. The molecular weight excluding hydrogens is 559 g/mol. The van der Waals surface area contributed by atoms with Crippen molar-refractivity contribution >= 4 is 64.0 Å². The van der Waals surface area contributed by atoms with Gasteiger partial charge in [-0.3, -0.25) is 14.4 Å². The second-order valence-electron chi connectivity index (χ2n) is 10.7. The molecule has 0 radical (unpaired) electrons. The van der Waals surface area contributed by atoms with E-state index in [2.05, 4.69) is 32.5 Å². The average molecular weight is 592 g/mol. The zero-order chi connectivity index (χ0) is 26.4. The Kier molecular flexibility index (Phi) is 8.19. The van der Waals surface area contributed by atoms with Crippen molar-refractivity contribution in [2.45, 2.75) is 50.7 Å². The molecule has 3 N–H and O–H groups in total. The first kappa shape index (κ1) is 27.9. The summed E-state index contributed by atoms with van der Waals surface area (Å²) in [6.45, 7) is 2.63. The quantitative estimate of drug-likeness (QED) is 0.420. The van der Waals surface area contributed by atoms with Crippen molar-refractivity contribution in [3.8, 4) is 0 Å². The molecule has 0 bridgehead atoms. The van der Waals surface area contributed by atoms with Gasteiger partial charge >= 0.3 is 0 Å². The van der Waals surface area contributed by atoms with Crippen LogP contribution in [0.1, 0.15) is 56.5 Å². The number of benzene rings is 1. The number of likely N-dealkylation sites (tertiary alicyclic amines) is 1. The second kappa shape index (κ2) is 11.4. The largest absolute Gasteiger partial charge is 0.351 e. The monoisotopic (exact) mass is 590 g/mol. The molecule has 39 heavy (non-hydrogen) atoms. The van der Waals surface area contributed by atoms with Gasteiger partial charge in [-0.1, -0.05) is 18.0 Å². The Labute approximate surface area is 242 Å². The van der Waals surface area contributed by atoms with E-state index in [1.54, 1.807) is 12.1 Å². The van der Waals surface area contributed by atoms with Gasteiger partial charge in [0.2, 0.25) is 5.91 Å². The minimum absolute atomic E-state index is 0. The van der Waals surface area contributed by atoms with E-state index in [9.17, 15) is 14.4 Å². The number of nitrogens with one attached hydrogen (secondary N) is 3. The van der Waals surface area contributed by atoms with Crippen LogP contribution in [-0.2, 0) is 17.8 Å². The molecule has 208 valence electrons. The van der Waals surface area contributed by atoms with E-state index in [0.29, 0.717) is 35.2 Å². The first-order valence-electron chi connectivity index (χ1n) is 13.2. The van der Waals surface area contributed by atoms with E-state index in [0.717, 1.165) is 60.2 Å². The number of piperidine rings is 1. The lowest BCUT2D eigenvalue weighted by Crippen LogP contribution is -2.62. The van der Waals surface area contributed by atoms with Crippen molar-refractivity contribution in [1.82, 2.24) is 30.4 Å². The Morgan fingerprint density at radius 3 is 2.64 bits per heavy atom. The molecule has 1 saturated heterocycles. The number of carbonyl (C=O) groups is 3. The number of aromatic nitrogens is 2. The van der Waals surface area contributed by atoms with Crippen LogP contribution in [0.5, 0.6) is 0 Å². The van der Waals surface area contributed by atoms with Crippen molar-refractivity contribution in [2.75, 3.05) is 26.7 Å². The normalized spacial score (nSPS) is 21.5. The predicted octanol–water partition coefficient (Wildman–Crippen LogP) is 3.62. The lowest BCUT2D eigenvalue weighted by Gasteiger charge is -2.41. The number of fused-ring (bicyclic) bond motifs is 2. The minimum atomic E-state index is -0.424. The van der Waals surface area contributed by atoms with Gasteiger partial charge in [0.05, 0.1) is 17.8 Å². The average Bonchev–Trinajstić information content (AvgIpc) is 3.47. The van der Waals surface area contributed by atoms with Crippen LogP contribution < -0.4 is 10.6 Å². The van der Waals surface area contributed by atoms with Crippen LogP contribution in [0.15, 0.2) is 24.3 Å². The molecule has 9 nitrogen and oxygen atoms in total. The number of hydrogen-bond acceptors (Lipinski definition) is 6. The summed E-state index contributed by atoms with van der Waals surface area (Å²) in [5.41, 5.74) is 2.24. The van der Waals surface area contributed by atoms with Gasteiger partial charge < -0.3 is 25.4 Å². The molecular formula is C27H32Cl2N6O3S. The van der Waals surface area contributed by atoms with Crippen LogP contribution in [0.2, 0.25) is 5.02 Å². The second-order valence-corrected chi connectivity index (χ2v) is 12.2. The highest BCUT2D eigenvalue weighted by Crippen LogP contribution is 2.30. The predicted molar refractivity (Wildman–Crippen MR) is 154 cm³/mol. The third-order valence-corrected chi connectivity index (χ3v) is 9.27. The van der Waals surface area contributed by atoms with E-state index in [1.165, 1.54) is 11.3 Å². The van der Waals surface area contributed by atoms with Gasteiger partial charge in [0.25, 0.3) is 11.8 Å². The Hall–Kier alpha value is -2.66. The first-order valence-corrected chi connectivity index (χ1v) is 14.4. The zero-order valence-electron chi connectivity index (χ0n) is 21.7. The molecule has 12 heteroatoms. The SMILES string of the molecule is CN1CCc2nc(C(=O)N[C@@H]3CN(C(=O)C4CCC4)CC[C@@H]3NC(=O)c3cc4cc(Cl)ccc4[nH]3)sc2C1.Cl. The van der Waals surface area contributed by atoms with Crippen molar-refractivity contribution in [3.05, 3.63) is 50.6 Å². The van der Waals surface area contributed by atoms with E-state index in [4.69, 9.17) is 11.6 Å². The molecule has 1 aromatic carbocycles. The number of aromatic amines is 1. The maximum absolute atomic E-state index is 13.3. The molecule has 3 aromatic rings. The van der Waals surface area contributed by atoms with Gasteiger partial charge in [0.1, 0.15) is 5.69 Å². The Morgan fingerprint density at radius 1 is 1.08 bits per heavy atom. The number of nitrogens with zero attached hydrogens (tertiary/aromatic N) is 3. The van der Waals surface area contributed by atoms with Crippen molar-refractivity contribution in [2.24, 2.45) is 5.92 Å². The van der Waals surface area contributed by atoms with E-state index in [-0.39, 0.29) is 42.1 Å². The summed E-state index contributed by atoms with van der Waals surface area (Å²) in [5, 5.41) is 8.12. The number of likely N-dealkylation sites (N-methyl/N-ethyl adjacent to an activating group) is 1. The number of hydrogen-bond donors (Lipinski definition) is 3. The van der Waals surface area contributed by atoms with Crippen LogP contribution in [0.3, 0.4) is 0 Å². The molecule has 6 rings (SSSR count). The minimum Gasteiger partial charge on any atom is -0.351 e. The topological polar surface area (TPSA) is 110 Å². The highest BCUT2D eigenvalue weighted by molar-refractivity contribution is 7.13. The number of H-pyrrole nitrogens is 1. The number of thiazole rings is 1. The van der Waals surface area contributed by atoms with E-state index in [1.807, 2.05) is 17.0 Å². The molecule has 2 aliphatic heterocycles. The van der Waals surface area contributed by atoms with Gasteiger partial charge in [-0.05, 0) is 50.6 Å². The molecule has 2 fully saturated rings. The van der Waals surface area contributed by atoms with Crippen LogP contribution >= 0.6 is 35.3 Å². The van der Waals surface area contributed by atoms with Gasteiger partial charge in [0.15, 0.2) is 5.01 Å². The summed E-state index contributed by atoms with van der Waals surface area (Å²) in [7, 11) is 2.06. The van der Waals surface area contributed by atoms with E-state index >= 15 is 0 Å². The first-order chi connectivity index (χ1) is 18.3. The summed E-state index contributed by atoms with van der Waals surface area (Å²) in [6.07, 6.45) is 4.33. The smallest absolute Gasteiger partial charge is 0.280 e. The fraction of sp³-hybridized carbons (Fsp3) is 0.481. The lowest BCUT2D eigenvalue weighted by atomic mass is 9.83. The van der Waals surface area contributed by atoms with Crippen LogP contribution in [0.25, 0.3) is 10.9 Å². The van der Waals surface area contributed by atoms with Crippen LogP contribution in [-0.4, -0.2) is 76.3 Å². The van der Waals surface area contributed by atoms with Crippen molar-refractivity contribution < 1.29 is 14.4 Å². The molecule has 1 aliphatic carbocycles. The number of halogens is 2. The maximum atomic E-state index is 13.3. The Bertz CT molecular complexity index is 1400.